The molecule has 44 heavy (non-hydrogen) atoms. The number of pyridine rings is 1. The second-order valence-corrected chi connectivity index (χ2v) is 12.8. The molecule has 4 aromatic heterocycles. The maximum absolute atomic E-state index is 13.8. The summed E-state index contributed by atoms with van der Waals surface area (Å²) >= 11 is 12.4. The van der Waals surface area contributed by atoms with Crippen molar-refractivity contribution in [2.75, 3.05) is 5.32 Å². The number of carbonyl (C=O) groups excluding carboxylic acids is 1. The summed E-state index contributed by atoms with van der Waals surface area (Å²) in [5.41, 5.74) is 4.36. The number of hydrogen-bond donors (Lipinski definition) is 1. The highest BCUT2D eigenvalue weighted by Crippen LogP contribution is 2.34. The Balaban J connectivity index is 1.46. The lowest BCUT2D eigenvalue weighted by Gasteiger charge is -2.25. The molecule has 5 aromatic rings. The molecule has 2 bridgehead atoms. The largest absolute Gasteiger partial charge is 0.323 e. The van der Waals surface area contributed by atoms with E-state index >= 15 is 0 Å². The van der Waals surface area contributed by atoms with Crippen LogP contribution in [0.5, 0.6) is 0 Å². The van der Waals surface area contributed by atoms with E-state index in [4.69, 9.17) is 33.2 Å². The summed E-state index contributed by atoms with van der Waals surface area (Å²) < 4.78 is 5.02. The molecule has 1 aromatic carbocycles. The molecule has 1 N–H and O–H groups in total. The Labute approximate surface area is 266 Å². The molecule has 0 fully saturated rings. The number of aromatic nitrogens is 8. The molecule has 2 atom stereocenters. The number of carbonyl (C=O) groups is 1. The van der Waals surface area contributed by atoms with E-state index in [1.54, 1.807) is 47.7 Å². The molecule has 6 rings (SSSR count). The van der Waals surface area contributed by atoms with Crippen LogP contribution in [-0.4, -0.2) is 68.8 Å². The number of nitrogens with zero attached hydrogens (tertiary/aromatic N) is 8. The standard InChI is InChI=1S/C28H28B3Cl2N9O2/c1-15-3-2-4-23(20-9-16(7-8-34-20)26-21(37-27(15)44)12-36-42(26)28(29,30)31)40-14-35-19(11-25(40)43)18-10-17(32)5-6-22(18)41-13-24(33)38-39-41/h5-15,23H,2-4,29-31H2,1H3,(H,37,44)/t15-,23+/m1/s1. The van der Waals surface area contributed by atoms with E-state index in [0.29, 0.717) is 52.6 Å². The van der Waals surface area contributed by atoms with Gasteiger partial charge in [0.05, 0.1) is 53.2 Å². The Morgan fingerprint density at radius 2 is 1.86 bits per heavy atom. The molecule has 0 saturated carbocycles. The maximum Gasteiger partial charge on any atom is 0.254 e. The van der Waals surface area contributed by atoms with Gasteiger partial charge in [-0.1, -0.05) is 41.8 Å². The lowest BCUT2D eigenvalue weighted by molar-refractivity contribution is -0.119. The minimum Gasteiger partial charge on any atom is -0.323 e. The van der Waals surface area contributed by atoms with Crippen LogP contribution in [0.15, 0.2) is 66.1 Å². The van der Waals surface area contributed by atoms with Gasteiger partial charge in [0.2, 0.25) is 5.91 Å². The van der Waals surface area contributed by atoms with E-state index in [1.807, 2.05) is 23.7 Å². The van der Waals surface area contributed by atoms with Crippen LogP contribution in [0, 0.1) is 5.92 Å². The molecule has 1 aliphatic heterocycles. The topological polar surface area (TPSA) is 125 Å². The number of rotatable bonds is 4. The monoisotopic (exact) mass is 625 g/mol. The predicted octanol–water partition coefficient (Wildman–Crippen LogP) is 1.87. The van der Waals surface area contributed by atoms with E-state index in [9.17, 15) is 9.59 Å². The maximum atomic E-state index is 13.8. The first kappa shape index (κ1) is 29.9. The number of fused-ring (bicyclic) bond motifs is 4. The van der Waals surface area contributed by atoms with Gasteiger partial charge in [-0.2, -0.15) is 5.10 Å². The van der Waals surface area contributed by atoms with Crippen LogP contribution in [0.25, 0.3) is 28.2 Å². The van der Waals surface area contributed by atoms with Crippen LogP contribution in [0.2, 0.25) is 10.2 Å². The van der Waals surface area contributed by atoms with Crippen molar-refractivity contribution in [1.82, 2.24) is 39.3 Å². The summed E-state index contributed by atoms with van der Waals surface area (Å²) in [6.07, 6.45) is 8.45. The summed E-state index contributed by atoms with van der Waals surface area (Å²) in [5, 5.41) is 16.0. The SMILES string of the molecule is BC(B)(B)n1ncc2c1-c1ccnc(c1)[C@@H](n1cnc(-c3cc(Cl)ccc3-n3cc(Cl)nn3)cc1=O)CCC[C@@H](C)C(=O)N2. The third-order valence-corrected chi connectivity index (χ3v) is 8.15. The third-order valence-electron chi connectivity index (χ3n) is 7.74. The van der Waals surface area contributed by atoms with Gasteiger partial charge in [0.25, 0.3) is 5.56 Å². The molecule has 0 unspecified atom stereocenters. The van der Waals surface area contributed by atoms with Gasteiger partial charge >= 0.3 is 0 Å². The molecule has 0 aliphatic carbocycles. The van der Waals surface area contributed by atoms with Crippen molar-refractivity contribution < 1.29 is 4.79 Å². The van der Waals surface area contributed by atoms with Crippen molar-refractivity contribution in [3.63, 3.8) is 0 Å². The summed E-state index contributed by atoms with van der Waals surface area (Å²) in [7, 11) is 6.17. The minimum atomic E-state index is -0.416. The number of nitrogens with one attached hydrogen (secondary N) is 1. The van der Waals surface area contributed by atoms with Gasteiger partial charge < -0.3 is 5.32 Å². The molecule has 1 aliphatic rings. The van der Waals surface area contributed by atoms with Crippen LogP contribution < -0.4 is 10.9 Å². The normalized spacial score (nSPS) is 17.3. The van der Waals surface area contributed by atoms with Crippen LogP contribution in [-0.2, 0) is 10.0 Å². The van der Waals surface area contributed by atoms with Gasteiger partial charge in [-0.25, -0.2) is 9.67 Å². The highest BCUT2D eigenvalue weighted by molar-refractivity contribution is 6.56. The van der Waals surface area contributed by atoms with E-state index in [2.05, 4.69) is 44.3 Å². The van der Waals surface area contributed by atoms with Gasteiger partial charge in [0.1, 0.15) is 23.5 Å². The molecule has 0 spiro atoms. The fourth-order valence-corrected chi connectivity index (χ4v) is 5.80. The van der Waals surface area contributed by atoms with E-state index in [-0.39, 0.29) is 27.8 Å². The fraction of sp³-hybridized carbons (Fsp3) is 0.250. The van der Waals surface area contributed by atoms with Crippen molar-refractivity contribution >= 4 is 58.3 Å². The molecular weight excluding hydrogens is 598 g/mol. The zero-order valence-corrected chi connectivity index (χ0v) is 26.2. The smallest absolute Gasteiger partial charge is 0.254 e. The number of halogens is 2. The van der Waals surface area contributed by atoms with Crippen LogP contribution in [0.3, 0.4) is 0 Å². The first-order valence-corrected chi connectivity index (χ1v) is 15.1. The Kier molecular flexibility index (Phi) is 7.98. The highest BCUT2D eigenvalue weighted by atomic mass is 35.5. The van der Waals surface area contributed by atoms with Gasteiger partial charge in [0.15, 0.2) is 5.15 Å². The zero-order valence-electron chi connectivity index (χ0n) is 24.7. The number of amides is 1. The third kappa shape index (κ3) is 5.83. The number of benzene rings is 1. The predicted molar refractivity (Wildman–Crippen MR) is 178 cm³/mol. The van der Waals surface area contributed by atoms with Crippen LogP contribution in [0.1, 0.15) is 37.9 Å². The fourth-order valence-electron chi connectivity index (χ4n) is 5.50. The first-order valence-electron chi connectivity index (χ1n) is 14.3. The van der Waals surface area contributed by atoms with E-state index < -0.39 is 6.04 Å². The second kappa shape index (κ2) is 11.7. The quantitative estimate of drug-likeness (QED) is 0.302. The molecule has 5 heterocycles. The van der Waals surface area contributed by atoms with Gasteiger partial charge in [-0.05, 0) is 48.4 Å². The summed E-state index contributed by atoms with van der Waals surface area (Å²) in [6, 6.07) is 10.1. The summed E-state index contributed by atoms with van der Waals surface area (Å²) in [6.45, 7) is 1.91. The second-order valence-electron chi connectivity index (χ2n) is 12.0. The van der Waals surface area contributed by atoms with Crippen molar-refractivity contribution in [3.05, 3.63) is 87.5 Å². The highest BCUT2D eigenvalue weighted by Gasteiger charge is 2.27. The van der Waals surface area contributed by atoms with Crippen LogP contribution >= 0.6 is 23.2 Å². The minimum absolute atomic E-state index is 0.0692. The molecule has 0 radical (unpaired) electrons. The van der Waals surface area contributed by atoms with Crippen molar-refractivity contribution in [1.29, 1.82) is 0 Å². The Morgan fingerprint density at radius 1 is 1.05 bits per heavy atom. The van der Waals surface area contributed by atoms with Crippen LogP contribution in [0.4, 0.5) is 5.69 Å². The lowest BCUT2D eigenvalue weighted by Crippen LogP contribution is -2.36. The summed E-state index contributed by atoms with van der Waals surface area (Å²) in [5.74, 6) is -0.309. The molecule has 1 amide bonds. The summed E-state index contributed by atoms with van der Waals surface area (Å²) in [4.78, 5) is 36.4. The first-order chi connectivity index (χ1) is 21.0. The molecule has 16 heteroatoms. The Bertz CT molecular complexity index is 1940. The number of anilines is 1. The Morgan fingerprint density at radius 3 is 2.59 bits per heavy atom. The average Bonchev–Trinajstić information content (AvgIpc) is 3.61. The van der Waals surface area contributed by atoms with E-state index in [0.717, 1.165) is 11.3 Å². The lowest BCUT2D eigenvalue weighted by atomic mass is 9.49. The van der Waals surface area contributed by atoms with Crippen molar-refractivity contribution in [3.8, 4) is 28.2 Å². The van der Waals surface area contributed by atoms with Gasteiger partial charge in [0, 0.05) is 34.3 Å². The van der Waals surface area contributed by atoms with Crippen molar-refractivity contribution in [2.45, 2.75) is 37.5 Å². The molecule has 0 saturated heterocycles. The molecule has 11 nitrogen and oxygen atoms in total. The van der Waals surface area contributed by atoms with Gasteiger partial charge in [-0.3, -0.25) is 23.8 Å². The average molecular weight is 626 g/mol. The molecule has 220 valence electrons. The number of hydrogen-bond acceptors (Lipinski definition) is 7. The van der Waals surface area contributed by atoms with Gasteiger partial charge in [-0.15, -0.1) is 5.10 Å². The Hall–Kier alpha value is -4.16. The van der Waals surface area contributed by atoms with E-state index in [1.165, 1.54) is 10.7 Å². The zero-order chi connectivity index (χ0) is 31.2. The molecular formula is C28H28B3Cl2N9O2. The van der Waals surface area contributed by atoms with Crippen molar-refractivity contribution in [2.24, 2.45) is 5.92 Å².